The number of likely N-dealkylation sites (tertiary alicyclic amines) is 1. The number of hydrogen-bond acceptors (Lipinski definition) is 4. The molecule has 0 spiro atoms. The van der Waals surface area contributed by atoms with Gasteiger partial charge in [-0.3, -0.25) is 0 Å². The van der Waals surface area contributed by atoms with Crippen LogP contribution in [-0.2, 0) is 4.74 Å². The van der Waals surface area contributed by atoms with E-state index >= 15 is 0 Å². The van der Waals surface area contributed by atoms with Crippen molar-refractivity contribution >= 4 is 15.9 Å². The molecule has 5 heteroatoms. The van der Waals surface area contributed by atoms with Gasteiger partial charge in [-0.15, -0.1) is 0 Å². The molecule has 0 saturated carbocycles. The fraction of sp³-hybridized carbons (Fsp3) is 0.667. The van der Waals surface area contributed by atoms with Gasteiger partial charge in [0.2, 0.25) is 0 Å². The van der Waals surface area contributed by atoms with E-state index in [1.807, 2.05) is 24.3 Å². The Morgan fingerprint density at radius 3 is 2.48 bits per heavy atom. The van der Waals surface area contributed by atoms with Gasteiger partial charge < -0.3 is 19.5 Å². The van der Waals surface area contributed by atoms with Gasteiger partial charge in [-0.05, 0) is 42.5 Å². The minimum Gasteiger partial charge on any atom is -0.491 e. The van der Waals surface area contributed by atoms with Crippen LogP contribution in [0.3, 0.4) is 0 Å². The third-order valence-electron chi connectivity index (χ3n) is 4.03. The van der Waals surface area contributed by atoms with Gasteiger partial charge in [0.15, 0.2) is 0 Å². The van der Waals surface area contributed by atoms with Gasteiger partial charge in [0, 0.05) is 24.1 Å². The monoisotopic (exact) mass is 385 g/mol. The summed E-state index contributed by atoms with van der Waals surface area (Å²) in [6.45, 7) is 8.76. The number of ether oxygens (including phenoxy) is 2. The van der Waals surface area contributed by atoms with Crippen LogP contribution < -0.4 is 4.74 Å². The Morgan fingerprint density at radius 2 is 1.83 bits per heavy atom. The smallest absolute Gasteiger partial charge is 0.119 e. The molecule has 0 amide bonds. The standard InChI is InChI=1S/C18H28BrNO3/c1-14-9-15(2)11-20(10-14)12-17(21)13-22-7-8-23-18-5-3-16(19)4-6-18/h3-6,14-15,17,21H,7-13H2,1-2H3/t14-,15+,17-/m0/s1. The normalized spacial score (nSPS) is 23.7. The van der Waals surface area contributed by atoms with Crippen LogP contribution in [0.25, 0.3) is 0 Å². The Bertz CT molecular complexity index is 444. The van der Waals surface area contributed by atoms with Crippen molar-refractivity contribution in [1.29, 1.82) is 0 Å². The summed E-state index contributed by atoms with van der Waals surface area (Å²) in [5, 5.41) is 10.1. The molecule has 1 N–H and O–H groups in total. The van der Waals surface area contributed by atoms with Crippen LogP contribution in [0.2, 0.25) is 0 Å². The molecular formula is C18H28BrNO3. The summed E-state index contributed by atoms with van der Waals surface area (Å²) in [7, 11) is 0. The molecule has 0 unspecified atom stereocenters. The molecule has 0 radical (unpaired) electrons. The van der Waals surface area contributed by atoms with E-state index in [1.54, 1.807) is 0 Å². The SMILES string of the molecule is C[C@@H]1C[C@H](C)CN(C[C@H](O)COCCOc2ccc(Br)cc2)C1. The molecule has 1 fully saturated rings. The first-order valence-corrected chi connectivity index (χ1v) is 9.18. The van der Waals surface area contributed by atoms with E-state index in [1.165, 1.54) is 6.42 Å². The lowest BCUT2D eigenvalue weighted by atomic mass is 9.92. The molecule has 130 valence electrons. The maximum atomic E-state index is 10.1. The molecule has 0 aromatic heterocycles. The summed E-state index contributed by atoms with van der Waals surface area (Å²) in [4.78, 5) is 2.35. The van der Waals surface area contributed by atoms with Crippen LogP contribution in [0, 0.1) is 11.8 Å². The Kier molecular flexibility index (Phi) is 7.83. The van der Waals surface area contributed by atoms with Gasteiger partial charge in [0.05, 0.1) is 19.3 Å². The maximum absolute atomic E-state index is 10.1. The molecule has 1 heterocycles. The summed E-state index contributed by atoms with van der Waals surface area (Å²) in [5.41, 5.74) is 0. The largest absolute Gasteiger partial charge is 0.491 e. The Labute approximate surface area is 147 Å². The zero-order valence-corrected chi connectivity index (χ0v) is 15.7. The van der Waals surface area contributed by atoms with Crippen LogP contribution >= 0.6 is 15.9 Å². The van der Waals surface area contributed by atoms with E-state index < -0.39 is 6.10 Å². The lowest BCUT2D eigenvalue weighted by Crippen LogP contribution is -2.43. The van der Waals surface area contributed by atoms with E-state index in [2.05, 4.69) is 34.7 Å². The van der Waals surface area contributed by atoms with Crippen molar-refractivity contribution in [1.82, 2.24) is 4.90 Å². The van der Waals surface area contributed by atoms with E-state index in [0.29, 0.717) is 38.2 Å². The highest BCUT2D eigenvalue weighted by Gasteiger charge is 2.23. The van der Waals surface area contributed by atoms with Gasteiger partial charge in [-0.25, -0.2) is 0 Å². The lowest BCUT2D eigenvalue weighted by Gasteiger charge is -2.35. The van der Waals surface area contributed by atoms with Gasteiger partial charge in [-0.2, -0.15) is 0 Å². The van der Waals surface area contributed by atoms with Crippen LogP contribution in [-0.4, -0.2) is 55.6 Å². The summed E-state index contributed by atoms with van der Waals surface area (Å²) >= 11 is 3.39. The minimum atomic E-state index is -0.430. The first-order valence-electron chi connectivity index (χ1n) is 8.39. The van der Waals surface area contributed by atoms with Gasteiger partial charge in [-0.1, -0.05) is 29.8 Å². The van der Waals surface area contributed by atoms with Gasteiger partial charge in [0.1, 0.15) is 12.4 Å². The number of benzene rings is 1. The van der Waals surface area contributed by atoms with Crippen molar-refractivity contribution in [3.05, 3.63) is 28.7 Å². The van der Waals surface area contributed by atoms with E-state index in [4.69, 9.17) is 9.47 Å². The fourth-order valence-electron chi connectivity index (χ4n) is 3.26. The highest BCUT2D eigenvalue weighted by atomic mass is 79.9. The van der Waals surface area contributed by atoms with Crippen LogP contribution in [0.5, 0.6) is 5.75 Å². The molecule has 1 saturated heterocycles. The molecule has 2 rings (SSSR count). The summed E-state index contributed by atoms with van der Waals surface area (Å²) < 4.78 is 12.1. The van der Waals surface area contributed by atoms with Gasteiger partial charge in [0.25, 0.3) is 0 Å². The number of β-amino-alcohol motifs (C(OH)–C–C–N with tert-alkyl or cyclic N) is 1. The molecule has 1 aliphatic rings. The third kappa shape index (κ3) is 7.21. The van der Waals surface area contributed by atoms with Crippen LogP contribution in [0.1, 0.15) is 20.3 Å². The summed E-state index contributed by atoms with van der Waals surface area (Å²) in [6, 6.07) is 7.72. The second kappa shape index (κ2) is 9.62. The molecule has 1 aromatic carbocycles. The van der Waals surface area contributed by atoms with Crippen molar-refractivity contribution in [2.24, 2.45) is 11.8 Å². The van der Waals surface area contributed by atoms with Crippen LogP contribution in [0.15, 0.2) is 28.7 Å². The predicted molar refractivity (Wildman–Crippen MR) is 95.8 cm³/mol. The quantitative estimate of drug-likeness (QED) is 0.697. The second-order valence-corrected chi connectivity index (χ2v) is 7.61. The topological polar surface area (TPSA) is 41.9 Å². The number of nitrogens with zero attached hydrogens (tertiary/aromatic N) is 1. The predicted octanol–water partition coefficient (Wildman–Crippen LogP) is 3.18. The third-order valence-corrected chi connectivity index (χ3v) is 4.56. The van der Waals surface area contributed by atoms with Crippen molar-refractivity contribution in [2.75, 3.05) is 39.5 Å². The highest BCUT2D eigenvalue weighted by Crippen LogP contribution is 2.21. The number of halogens is 1. The van der Waals surface area contributed by atoms with Crippen molar-refractivity contribution in [3.63, 3.8) is 0 Å². The van der Waals surface area contributed by atoms with Crippen molar-refractivity contribution in [2.45, 2.75) is 26.4 Å². The number of aliphatic hydroxyl groups excluding tert-OH is 1. The molecule has 3 atom stereocenters. The van der Waals surface area contributed by atoms with Crippen molar-refractivity contribution < 1.29 is 14.6 Å². The average Bonchev–Trinajstić information content (AvgIpc) is 2.47. The fourth-order valence-corrected chi connectivity index (χ4v) is 3.52. The molecule has 23 heavy (non-hydrogen) atoms. The maximum Gasteiger partial charge on any atom is 0.119 e. The zero-order chi connectivity index (χ0) is 16.7. The molecule has 1 aliphatic heterocycles. The average molecular weight is 386 g/mol. The molecular weight excluding hydrogens is 358 g/mol. The molecule has 0 bridgehead atoms. The van der Waals surface area contributed by atoms with E-state index in [-0.39, 0.29) is 0 Å². The molecule has 4 nitrogen and oxygen atoms in total. The number of aliphatic hydroxyl groups is 1. The minimum absolute atomic E-state index is 0.364. The first kappa shape index (κ1) is 18.7. The molecule has 1 aromatic rings. The van der Waals surface area contributed by atoms with Crippen molar-refractivity contribution in [3.8, 4) is 5.75 Å². The van der Waals surface area contributed by atoms with Gasteiger partial charge >= 0.3 is 0 Å². The summed E-state index contributed by atoms with van der Waals surface area (Å²) in [6.07, 6.45) is 0.858. The van der Waals surface area contributed by atoms with Crippen LogP contribution in [0.4, 0.5) is 0 Å². The summed E-state index contributed by atoms with van der Waals surface area (Å²) in [5.74, 6) is 2.26. The highest BCUT2D eigenvalue weighted by molar-refractivity contribution is 9.10. The number of rotatable bonds is 8. The molecule has 0 aliphatic carbocycles. The van der Waals surface area contributed by atoms with E-state index in [9.17, 15) is 5.11 Å². The Hall–Kier alpha value is -0.620. The Morgan fingerprint density at radius 1 is 1.17 bits per heavy atom. The number of hydrogen-bond donors (Lipinski definition) is 1. The zero-order valence-electron chi connectivity index (χ0n) is 14.1. The van der Waals surface area contributed by atoms with E-state index in [0.717, 1.165) is 23.3 Å². The second-order valence-electron chi connectivity index (χ2n) is 6.70. The lowest BCUT2D eigenvalue weighted by molar-refractivity contribution is -0.00211. The first-order chi connectivity index (χ1) is 11.0. The Balaban J connectivity index is 1.56. The number of piperidine rings is 1.